The van der Waals surface area contributed by atoms with Gasteiger partial charge in [-0.2, -0.15) is 0 Å². The van der Waals surface area contributed by atoms with Gasteiger partial charge in [-0.3, -0.25) is 0 Å². The average molecular weight is 347 g/mol. The molecule has 2 rings (SSSR count). The highest BCUT2D eigenvalue weighted by Gasteiger charge is 2.32. The Hall–Kier alpha value is -1.15. The molecule has 1 aromatic carbocycles. The Labute approximate surface area is 135 Å². The van der Waals surface area contributed by atoms with Crippen LogP contribution in [-0.4, -0.2) is 34.1 Å². The van der Waals surface area contributed by atoms with E-state index in [4.69, 9.17) is 17.3 Å². The highest BCUT2D eigenvalue weighted by Crippen LogP contribution is 2.27. The van der Waals surface area contributed by atoms with Crippen molar-refractivity contribution in [2.75, 3.05) is 13.7 Å². The quantitative estimate of drug-likeness (QED) is 0.788. The van der Waals surface area contributed by atoms with Crippen molar-refractivity contribution in [3.8, 4) is 0 Å². The molecular formula is C14H19ClN2O4S. The first-order valence-corrected chi connectivity index (χ1v) is 8.85. The second-order valence-corrected chi connectivity index (χ2v) is 7.41. The summed E-state index contributed by atoms with van der Waals surface area (Å²) in [5.74, 6) is -0.631. The van der Waals surface area contributed by atoms with Crippen molar-refractivity contribution in [3.63, 3.8) is 0 Å². The number of ether oxygens (including phenoxy) is 1. The van der Waals surface area contributed by atoms with Gasteiger partial charge < -0.3 is 10.5 Å². The molecule has 3 N–H and O–H groups in total. The zero-order valence-corrected chi connectivity index (χ0v) is 13.8. The molecule has 1 saturated carbocycles. The van der Waals surface area contributed by atoms with Crippen LogP contribution in [0.15, 0.2) is 23.1 Å². The second-order valence-electron chi connectivity index (χ2n) is 5.29. The highest BCUT2D eigenvalue weighted by molar-refractivity contribution is 7.89. The van der Waals surface area contributed by atoms with E-state index in [1.54, 1.807) is 0 Å². The largest absolute Gasteiger partial charge is 0.465 e. The fraction of sp³-hybridized carbons (Fsp3) is 0.500. The number of hydrogen-bond acceptors (Lipinski definition) is 5. The Bertz CT molecular complexity index is 663. The lowest BCUT2D eigenvalue weighted by molar-refractivity contribution is 0.0596. The fourth-order valence-electron chi connectivity index (χ4n) is 2.74. The van der Waals surface area contributed by atoms with E-state index < -0.39 is 16.0 Å². The Kier molecular flexibility index (Phi) is 5.44. The zero-order chi connectivity index (χ0) is 16.3. The molecule has 0 aromatic heterocycles. The molecule has 0 heterocycles. The van der Waals surface area contributed by atoms with Crippen molar-refractivity contribution in [3.05, 3.63) is 28.8 Å². The maximum atomic E-state index is 12.6. The number of carbonyl (C=O) groups is 1. The summed E-state index contributed by atoms with van der Waals surface area (Å²) in [4.78, 5) is 11.7. The first-order chi connectivity index (χ1) is 10.4. The molecule has 0 spiro atoms. The molecule has 1 aromatic rings. The molecule has 1 aliphatic carbocycles. The molecule has 22 heavy (non-hydrogen) atoms. The van der Waals surface area contributed by atoms with Crippen molar-refractivity contribution in [1.82, 2.24) is 4.72 Å². The predicted octanol–water partition coefficient (Wildman–Crippen LogP) is 1.53. The first-order valence-electron chi connectivity index (χ1n) is 6.99. The van der Waals surface area contributed by atoms with Gasteiger partial charge in [-0.15, -0.1) is 0 Å². The minimum absolute atomic E-state index is 0.0789. The SMILES string of the molecule is COC(=O)c1cc(Cl)ccc1S(=O)(=O)NC1CCCC1CN. The van der Waals surface area contributed by atoms with Crippen LogP contribution in [0.25, 0.3) is 0 Å². The third-order valence-electron chi connectivity index (χ3n) is 3.90. The van der Waals surface area contributed by atoms with Gasteiger partial charge in [0, 0.05) is 11.1 Å². The van der Waals surface area contributed by atoms with Gasteiger partial charge in [-0.05, 0) is 43.5 Å². The van der Waals surface area contributed by atoms with E-state index in [-0.39, 0.29) is 27.4 Å². The lowest BCUT2D eigenvalue weighted by Crippen LogP contribution is -2.40. The average Bonchev–Trinajstić information content (AvgIpc) is 2.92. The van der Waals surface area contributed by atoms with Crippen LogP contribution in [0.2, 0.25) is 5.02 Å². The van der Waals surface area contributed by atoms with Crippen LogP contribution in [0.3, 0.4) is 0 Å². The van der Waals surface area contributed by atoms with Gasteiger partial charge in [-0.25, -0.2) is 17.9 Å². The van der Waals surface area contributed by atoms with Crippen LogP contribution >= 0.6 is 11.6 Å². The van der Waals surface area contributed by atoms with E-state index in [0.29, 0.717) is 6.54 Å². The first kappa shape index (κ1) is 17.2. The summed E-state index contributed by atoms with van der Waals surface area (Å²) < 4.78 is 32.5. The lowest BCUT2D eigenvalue weighted by atomic mass is 10.1. The second kappa shape index (κ2) is 6.95. The summed E-state index contributed by atoms with van der Waals surface area (Å²) in [6.45, 7) is 0.428. The number of hydrogen-bond donors (Lipinski definition) is 2. The molecule has 2 unspecified atom stereocenters. The van der Waals surface area contributed by atoms with Gasteiger partial charge in [-0.1, -0.05) is 18.0 Å². The van der Waals surface area contributed by atoms with Crippen LogP contribution in [0.5, 0.6) is 0 Å². The summed E-state index contributed by atoms with van der Waals surface area (Å²) in [5.41, 5.74) is 5.60. The van der Waals surface area contributed by atoms with Gasteiger partial charge in [0.25, 0.3) is 0 Å². The number of rotatable bonds is 5. The van der Waals surface area contributed by atoms with Gasteiger partial charge >= 0.3 is 5.97 Å². The number of benzene rings is 1. The van der Waals surface area contributed by atoms with Crippen molar-refractivity contribution in [1.29, 1.82) is 0 Å². The maximum absolute atomic E-state index is 12.6. The minimum atomic E-state index is -3.85. The monoisotopic (exact) mass is 346 g/mol. The minimum Gasteiger partial charge on any atom is -0.465 e. The molecule has 122 valence electrons. The zero-order valence-electron chi connectivity index (χ0n) is 12.2. The van der Waals surface area contributed by atoms with E-state index in [2.05, 4.69) is 9.46 Å². The van der Waals surface area contributed by atoms with E-state index in [1.807, 2.05) is 0 Å². The van der Waals surface area contributed by atoms with Crippen molar-refractivity contribution in [2.24, 2.45) is 11.7 Å². The molecule has 0 aliphatic heterocycles. The normalized spacial score (nSPS) is 21.8. The predicted molar refractivity (Wildman–Crippen MR) is 83.3 cm³/mol. The third-order valence-corrected chi connectivity index (χ3v) is 5.69. The number of carbonyl (C=O) groups excluding carboxylic acids is 1. The lowest BCUT2D eigenvalue weighted by Gasteiger charge is -2.20. The van der Waals surface area contributed by atoms with E-state index >= 15 is 0 Å². The van der Waals surface area contributed by atoms with Crippen molar-refractivity contribution < 1.29 is 17.9 Å². The highest BCUT2D eigenvalue weighted by atomic mass is 35.5. The molecule has 0 amide bonds. The smallest absolute Gasteiger partial charge is 0.339 e. The van der Waals surface area contributed by atoms with Crippen LogP contribution in [0.4, 0.5) is 0 Å². The molecule has 0 bridgehead atoms. The van der Waals surface area contributed by atoms with Gasteiger partial charge in [0.2, 0.25) is 10.0 Å². The van der Waals surface area contributed by atoms with Crippen LogP contribution in [0.1, 0.15) is 29.6 Å². The van der Waals surface area contributed by atoms with Gasteiger partial charge in [0.15, 0.2) is 0 Å². The fourth-order valence-corrected chi connectivity index (χ4v) is 4.43. The molecule has 1 fully saturated rings. The Morgan fingerprint density at radius 3 is 2.82 bits per heavy atom. The maximum Gasteiger partial charge on any atom is 0.339 e. The topological polar surface area (TPSA) is 98.5 Å². The summed E-state index contributed by atoms with van der Waals surface area (Å²) >= 11 is 5.84. The van der Waals surface area contributed by atoms with E-state index in [9.17, 15) is 13.2 Å². The van der Waals surface area contributed by atoms with E-state index in [1.165, 1.54) is 25.3 Å². The number of sulfonamides is 1. The summed E-state index contributed by atoms with van der Waals surface area (Å²) in [7, 11) is -2.67. The van der Waals surface area contributed by atoms with Crippen LogP contribution in [-0.2, 0) is 14.8 Å². The standard InChI is InChI=1S/C14H19ClN2O4S/c1-21-14(18)11-7-10(15)5-6-13(11)22(19,20)17-12-4-2-3-9(12)8-16/h5-7,9,12,17H,2-4,8,16H2,1H3. The van der Waals surface area contributed by atoms with Crippen molar-refractivity contribution in [2.45, 2.75) is 30.2 Å². The Balaban J connectivity index is 2.35. The van der Waals surface area contributed by atoms with Gasteiger partial charge in [0.1, 0.15) is 0 Å². The number of nitrogens with one attached hydrogen (secondary N) is 1. The number of methoxy groups -OCH3 is 1. The Morgan fingerprint density at radius 1 is 1.45 bits per heavy atom. The molecule has 6 nitrogen and oxygen atoms in total. The number of esters is 1. The molecule has 8 heteroatoms. The summed E-state index contributed by atoms with van der Waals surface area (Å²) in [6, 6.07) is 3.81. The molecule has 0 saturated heterocycles. The molecular weight excluding hydrogens is 328 g/mol. The summed E-state index contributed by atoms with van der Waals surface area (Å²) in [6.07, 6.45) is 2.57. The Morgan fingerprint density at radius 2 is 2.18 bits per heavy atom. The molecule has 2 atom stereocenters. The van der Waals surface area contributed by atoms with Crippen LogP contribution < -0.4 is 10.5 Å². The number of nitrogens with two attached hydrogens (primary N) is 1. The molecule has 0 radical (unpaired) electrons. The molecule has 1 aliphatic rings. The van der Waals surface area contributed by atoms with Gasteiger partial charge in [0.05, 0.1) is 17.6 Å². The van der Waals surface area contributed by atoms with Crippen molar-refractivity contribution >= 4 is 27.6 Å². The number of halogens is 1. The summed E-state index contributed by atoms with van der Waals surface area (Å²) in [5, 5.41) is 0.264. The van der Waals surface area contributed by atoms with Crippen LogP contribution in [0, 0.1) is 5.92 Å². The third kappa shape index (κ3) is 3.60. The van der Waals surface area contributed by atoms with E-state index in [0.717, 1.165) is 19.3 Å².